The fourth-order valence-corrected chi connectivity index (χ4v) is 18.2. The van der Waals surface area contributed by atoms with Crippen molar-refractivity contribution in [3.05, 3.63) is 160 Å². The minimum atomic E-state index is -0.198. The molecule has 5 heteroatoms. The van der Waals surface area contributed by atoms with Crippen LogP contribution < -0.4 is 15.7 Å². The highest BCUT2D eigenvalue weighted by molar-refractivity contribution is 7.27. The first-order valence-electron chi connectivity index (χ1n) is 28.3. The van der Waals surface area contributed by atoms with E-state index >= 15 is 0 Å². The molecule has 2 aliphatic heterocycles. The molecule has 16 rings (SSSR count). The van der Waals surface area contributed by atoms with Crippen LogP contribution in [0.25, 0.3) is 90.1 Å². The Labute approximate surface area is 456 Å². The van der Waals surface area contributed by atoms with E-state index in [1.165, 1.54) is 171 Å². The van der Waals surface area contributed by atoms with Crippen molar-refractivity contribution in [3.8, 4) is 27.9 Å². The molecule has 0 bridgehead atoms. The Kier molecular flexibility index (Phi) is 8.66. The Bertz CT molecular complexity index is 4480. The van der Waals surface area contributed by atoms with Crippen molar-refractivity contribution in [2.24, 2.45) is 0 Å². The van der Waals surface area contributed by atoms with E-state index in [4.69, 9.17) is 0 Å². The van der Waals surface area contributed by atoms with Crippen molar-refractivity contribution < 1.29 is 0 Å². The fourth-order valence-electron chi connectivity index (χ4n) is 15.7. The standard InChI is InChI=1S/C71H67BN2S2/c1-66(2,3)38-22-24-39(25-23-38)74-55-33-43-42-30-49-51(69(8,9)28-26-67(49,4)5)35-48(42)71(12,13)47(43)31-46(55)62-63-64-60(61-41-19-15-17-21-58(41)76-65(61)62)45-32-50-52(70(10,11)29-27-68(50,6)7)36-54(45)73(64)56-34-44-40-18-14-16-20-57(40)75-59(44)37-53(56)72(63)74/h14-25,30-37H,26-29H2,1-13H3. The monoisotopic (exact) mass is 1020 g/mol. The normalized spacial score (nSPS) is 18.9. The molecule has 0 unspecified atom stereocenters. The summed E-state index contributed by atoms with van der Waals surface area (Å²) in [4.78, 5) is 2.82. The van der Waals surface area contributed by atoms with Gasteiger partial charge in [0.1, 0.15) is 0 Å². The molecule has 0 N–H and O–H groups in total. The van der Waals surface area contributed by atoms with Gasteiger partial charge in [-0.05, 0) is 180 Å². The van der Waals surface area contributed by atoms with Gasteiger partial charge in [-0.3, -0.25) is 0 Å². The van der Waals surface area contributed by atoms with E-state index in [1.807, 2.05) is 22.7 Å². The number of anilines is 2. The van der Waals surface area contributed by atoms with Gasteiger partial charge in [-0.2, -0.15) is 0 Å². The molecule has 0 saturated heterocycles. The minimum absolute atomic E-state index is 0.0228. The molecule has 2 nitrogen and oxygen atoms in total. The third kappa shape index (κ3) is 5.74. The molecule has 0 fully saturated rings. The van der Waals surface area contributed by atoms with Crippen LogP contribution in [0, 0.1) is 0 Å². The number of hydrogen-bond acceptors (Lipinski definition) is 3. The zero-order valence-corrected chi connectivity index (χ0v) is 48.3. The molecule has 0 saturated carbocycles. The highest BCUT2D eigenvalue weighted by atomic mass is 32.1. The third-order valence-electron chi connectivity index (χ3n) is 20.4. The van der Waals surface area contributed by atoms with Crippen LogP contribution in [0.5, 0.6) is 0 Å². The zero-order chi connectivity index (χ0) is 52.3. The summed E-state index contributed by atoms with van der Waals surface area (Å²) in [5, 5.41) is 8.30. The molecule has 8 aromatic carbocycles. The Morgan fingerprint density at radius 2 is 1.04 bits per heavy atom. The largest absolute Gasteiger partial charge is 0.376 e. The van der Waals surface area contributed by atoms with Gasteiger partial charge in [0.05, 0.1) is 11.0 Å². The molecule has 0 spiro atoms. The summed E-state index contributed by atoms with van der Waals surface area (Å²) in [5.74, 6) is 0. The van der Waals surface area contributed by atoms with Crippen LogP contribution in [0.15, 0.2) is 121 Å². The van der Waals surface area contributed by atoms with Crippen molar-refractivity contribution in [2.75, 3.05) is 4.81 Å². The van der Waals surface area contributed by atoms with Gasteiger partial charge in [0.25, 0.3) is 0 Å². The van der Waals surface area contributed by atoms with Crippen LogP contribution in [0.4, 0.5) is 11.4 Å². The predicted molar refractivity (Wildman–Crippen MR) is 332 cm³/mol. The smallest absolute Gasteiger partial charge is 0.333 e. The number of nitrogens with zero attached hydrogens (tertiary/aromatic N) is 2. The maximum atomic E-state index is 2.82. The molecule has 5 aliphatic rings. The minimum Gasteiger partial charge on any atom is -0.376 e. The van der Waals surface area contributed by atoms with E-state index in [1.54, 1.807) is 5.56 Å². The van der Waals surface area contributed by atoms with Gasteiger partial charge in [0, 0.05) is 84.7 Å². The van der Waals surface area contributed by atoms with Crippen LogP contribution >= 0.6 is 22.7 Å². The first-order valence-corrected chi connectivity index (χ1v) is 29.9. The van der Waals surface area contributed by atoms with Crippen LogP contribution in [0.2, 0.25) is 0 Å². The Morgan fingerprint density at radius 3 is 1.71 bits per heavy atom. The zero-order valence-electron chi connectivity index (χ0n) is 46.7. The van der Waals surface area contributed by atoms with Gasteiger partial charge in [0.15, 0.2) is 0 Å². The number of hydrogen-bond donors (Lipinski definition) is 0. The van der Waals surface area contributed by atoms with Gasteiger partial charge >= 0.3 is 6.85 Å². The van der Waals surface area contributed by atoms with Crippen LogP contribution in [-0.4, -0.2) is 11.4 Å². The molecular formula is C71H67BN2S2. The van der Waals surface area contributed by atoms with Crippen molar-refractivity contribution in [2.45, 2.75) is 148 Å². The van der Waals surface area contributed by atoms with E-state index in [-0.39, 0.29) is 39.3 Å². The Hall–Kier alpha value is -6.14. The van der Waals surface area contributed by atoms with Crippen LogP contribution in [0.1, 0.15) is 155 Å². The van der Waals surface area contributed by atoms with Crippen molar-refractivity contribution in [1.29, 1.82) is 0 Å². The molecule has 76 heavy (non-hydrogen) atoms. The van der Waals surface area contributed by atoms with Crippen molar-refractivity contribution in [3.63, 3.8) is 0 Å². The van der Waals surface area contributed by atoms with Gasteiger partial charge < -0.3 is 9.38 Å². The maximum absolute atomic E-state index is 2.82. The SMILES string of the molecule is CC(C)(C)c1ccc(N2B3c4cc5sc6ccccc6c5cc4-n4c5cc6c(cc5c5c7c(sc8ccccc87)c(c3c54)-c3cc4c(cc32)-c2cc3c(cc2C4(C)C)C(C)(C)CCC3(C)C)C(C)(C)CCC6(C)C)cc1. The summed E-state index contributed by atoms with van der Waals surface area (Å²) in [6.45, 7) is 31.9. The van der Waals surface area contributed by atoms with Crippen molar-refractivity contribution in [1.82, 2.24) is 4.57 Å². The number of rotatable bonds is 1. The molecule has 5 heterocycles. The lowest BCUT2D eigenvalue weighted by Gasteiger charge is -2.43. The van der Waals surface area contributed by atoms with Crippen LogP contribution in [-0.2, 0) is 32.5 Å². The molecular weight excluding hydrogens is 956 g/mol. The van der Waals surface area contributed by atoms with Crippen molar-refractivity contribution >= 4 is 114 Å². The first kappa shape index (κ1) is 46.0. The average Bonchev–Trinajstić information content (AvgIpc) is 4.25. The van der Waals surface area contributed by atoms with E-state index in [0.717, 1.165) is 0 Å². The Morgan fingerprint density at radius 1 is 0.474 bits per heavy atom. The summed E-state index contributed by atoms with van der Waals surface area (Å²) in [7, 11) is 0. The van der Waals surface area contributed by atoms with Gasteiger partial charge in [0.2, 0.25) is 0 Å². The molecule has 3 aromatic heterocycles. The summed E-state index contributed by atoms with van der Waals surface area (Å²) in [6, 6.07) is 49.5. The maximum Gasteiger partial charge on any atom is 0.333 e. The second kappa shape index (κ2) is 14.3. The predicted octanol–water partition coefficient (Wildman–Crippen LogP) is 19.1. The fraction of sp³-hybridized carbons (Fsp3) is 0.324. The molecule has 376 valence electrons. The Balaban J connectivity index is 1.12. The second-order valence-corrected chi connectivity index (χ2v) is 30.3. The molecule has 11 aromatic rings. The summed E-state index contributed by atoms with van der Waals surface area (Å²) in [6.07, 6.45) is 4.76. The molecule has 0 amide bonds. The lowest BCUT2D eigenvalue weighted by molar-refractivity contribution is 0.331. The second-order valence-electron chi connectivity index (χ2n) is 28.2. The summed E-state index contributed by atoms with van der Waals surface area (Å²) in [5.41, 5.74) is 25.6. The molecule has 3 aliphatic carbocycles. The highest BCUT2D eigenvalue weighted by Gasteiger charge is 2.49. The lowest BCUT2D eigenvalue weighted by Crippen LogP contribution is -2.60. The van der Waals surface area contributed by atoms with Gasteiger partial charge in [-0.1, -0.05) is 145 Å². The van der Waals surface area contributed by atoms with Gasteiger partial charge in [-0.25, -0.2) is 0 Å². The third-order valence-corrected chi connectivity index (χ3v) is 22.8. The topological polar surface area (TPSA) is 8.17 Å². The molecule has 0 atom stereocenters. The number of fused-ring (bicyclic) bond motifs is 21. The number of benzene rings is 8. The number of aromatic nitrogens is 1. The average molecular weight is 1020 g/mol. The summed E-state index contributed by atoms with van der Waals surface area (Å²) >= 11 is 3.98. The van der Waals surface area contributed by atoms with Crippen LogP contribution in [0.3, 0.4) is 0 Å². The lowest BCUT2D eigenvalue weighted by atomic mass is 9.43. The van der Waals surface area contributed by atoms with E-state index in [9.17, 15) is 0 Å². The summed E-state index contributed by atoms with van der Waals surface area (Å²) < 4.78 is 8.28. The van der Waals surface area contributed by atoms with E-state index in [0.29, 0.717) is 0 Å². The van der Waals surface area contributed by atoms with E-state index < -0.39 is 0 Å². The molecule has 0 radical (unpaired) electrons. The first-order chi connectivity index (χ1) is 36.0. The van der Waals surface area contributed by atoms with E-state index in [2.05, 4.69) is 221 Å². The van der Waals surface area contributed by atoms with Gasteiger partial charge in [-0.15, -0.1) is 22.7 Å². The highest BCUT2D eigenvalue weighted by Crippen LogP contribution is 2.60. The number of thiophene rings is 2. The quantitative estimate of drug-likeness (QED) is 0.149.